The number of rotatable bonds is 4. The summed E-state index contributed by atoms with van der Waals surface area (Å²) in [5.74, 6) is 0.323. The highest BCUT2D eigenvalue weighted by Gasteiger charge is 2.11. The summed E-state index contributed by atoms with van der Waals surface area (Å²) in [6, 6.07) is 7.57. The summed E-state index contributed by atoms with van der Waals surface area (Å²) in [6.07, 6.45) is 8.05. The summed E-state index contributed by atoms with van der Waals surface area (Å²) < 4.78 is 1.58. The number of carbonyl (C=O) groups is 1. The van der Waals surface area contributed by atoms with Crippen molar-refractivity contribution < 1.29 is 4.79 Å². The second-order valence-corrected chi connectivity index (χ2v) is 5.45. The van der Waals surface area contributed by atoms with Gasteiger partial charge in [0.25, 0.3) is 5.91 Å². The van der Waals surface area contributed by atoms with Crippen molar-refractivity contribution in [1.82, 2.24) is 20.4 Å². The lowest BCUT2D eigenvalue weighted by Gasteiger charge is -2.16. The minimum absolute atomic E-state index is 0.127. The molecule has 2 aromatic rings. The van der Waals surface area contributed by atoms with Crippen molar-refractivity contribution >= 4 is 23.2 Å². The van der Waals surface area contributed by atoms with Crippen LogP contribution in [0.25, 0.3) is 11.0 Å². The summed E-state index contributed by atoms with van der Waals surface area (Å²) in [4.78, 5) is 11.9. The molecule has 0 saturated heterocycles. The van der Waals surface area contributed by atoms with Gasteiger partial charge in [-0.1, -0.05) is 36.6 Å². The molecule has 1 saturated carbocycles. The molecule has 1 aliphatic rings. The van der Waals surface area contributed by atoms with Gasteiger partial charge >= 0.3 is 0 Å². The number of hydrogen-bond acceptors (Lipinski definition) is 4. The molecule has 6 heteroatoms. The summed E-state index contributed by atoms with van der Waals surface area (Å²) >= 11 is 0. The van der Waals surface area contributed by atoms with E-state index in [2.05, 4.69) is 20.8 Å². The fourth-order valence-electron chi connectivity index (χ4n) is 2.70. The number of nitrogens with one attached hydrogen (secondary N) is 1. The maximum absolute atomic E-state index is 11.9. The number of nitrogens with zero attached hydrogens (tertiary/aromatic N) is 4. The number of para-hydroxylation sites is 1. The van der Waals surface area contributed by atoms with E-state index in [9.17, 15) is 4.79 Å². The van der Waals surface area contributed by atoms with E-state index in [-0.39, 0.29) is 12.5 Å². The zero-order chi connectivity index (χ0) is 14.5. The first-order valence-corrected chi connectivity index (χ1v) is 7.43. The van der Waals surface area contributed by atoms with E-state index in [0.29, 0.717) is 5.92 Å². The summed E-state index contributed by atoms with van der Waals surface area (Å²) in [5.41, 5.74) is 4.21. The maximum Gasteiger partial charge on any atom is 0.261 e. The number of benzene rings is 1. The number of amides is 1. The number of carbonyl (C=O) groups excluding carboxylic acids is 1. The van der Waals surface area contributed by atoms with Gasteiger partial charge in [-0.3, -0.25) is 4.79 Å². The molecular weight excluding hydrogens is 266 g/mol. The first-order chi connectivity index (χ1) is 10.3. The molecule has 110 valence electrons. The second-order valence-electron chi connectivity index (χ2n) is 5.45. The average Bonchev–Trinajstić information content (AvgIpc) is 2.92. The Morgan fingerprint density at radius 1 is 1.33 bits per heavy atom. The predicted octanol–water partition coefficient (Wildman–Crippen LogP) is 2.11. The highest BCUT2D eigenvalue weighted by atomic mass is 16.2. The predicted molar refractivity (Wildman–Crippen MR) is 80.7 cm³/mol. The Bertz CT molecular complexity index is 642. The average molecular weight is 285 g/mol. The minimum atomic E-state index is -0.183. The molecule has 0 unspecified atom stereocenters. The summed E-state index contributed by atoms with van der Waals surface area (Å²) in [7, 11) is 0. The van der Waals surface area contributed by atoms with Crippen LogP contribution >= 0.6 is 0 Å². The topological polar surface area (TPSA) is 72.2 Å². The van der Waals surface area contributed by atoms with Crippen molar-refractivity contribution in [1.29, 1.82) is 0 Å². The van der Waals surface area contributed by atoms with Gasteiger partial charge in [0, 0.05) is 6.21 Å². The van der Waals surface area contributed by atoms with Crippen molar-refractivity contribution in [2.75, 3.05) is 0 Å². The van der Waals surface area contributed by atoms with Gasteiger partial charge in [0.2, 0.25) is 0 Å². The third-order valence-electron chi connectivity index (χ3n) is 3.84. The van der Waals surface area contributed by atoms with Crippen LogP contribution in [0.3, 0.4) is 0 Å². The Hall–Kier alpha value is -2.24. The Morgan fingerprint density at radius 3 is 3.00 bits per heavy atom. The van der Waals surface area contributed by atoms with Crippen molar-refractivity contribution in [3.8, 4) is 0 Å². The van der Waals surface area contributed by atoms with Gasteiger partial charge < -0.3 is 0 Å². The zero-order valence-corrected chi connectivity index (χ0v) is 11.9. The van der Waals surface area contributed by atoms with E-state index < -0.39 is 0 Å². The van der Waals surface area contributed by atoms with Crippen LogP contribution in [-0.2, 0) is 11.3 Å². The summed E-state index contributed by atoms with van der Waals surface area (Å²) in [5, 5.41) is 12.1. The monoisotopic (exact) mass is 285 g/mol. The number of hydrazone groups is 1. The first kappa shape index (κ1) is 13.7. The molecule has 1 aliphatic carbocycles. The van der Waals surface area contributed by atoms with Gasteiger partial charge in [0.1, 0.15) is 12.1 Å². The minimum Gasteiger partial charge on any atom is -0.271 e. The molecule has 1 amide bonds. The van der Waals surface area contributed by atoms with Gasteiger partial charge in [0.15, 0.2) is 0 Å². The molecular formula is C15H19N5O. The molecule has 1 fully saturated rings. The number of hydrogen-bond donors (Lipinski definition) is 1. The van der Waals surface area contributed by atoms with Gasteiger partial charge in [-0.25, -0.2) is 10.1 Å². The van der Waals surface area contributed by atoms with E-state index in [1.54, 1.807) is 4.68 Å². The van der Waals surface area contributed by atoms with Crippen LogP contribution in [0.2, 0.25) is 0 Å². The molecule has 3 rings (SSSR count). The molecule has 6 nitrogen and oxygen atoms in total. The molecule has 0 bridgehead atoms. The largest absolute Gasteiger partial charge is 0.271 e. The number of aromatic nitrogens is 3. The van der Waals surface area contributed by atoms with Gasteiger partial charge in [0.05, 0.1) is 5.52 Å². The van der Waals surface area contributed by atoms with Crippen LogP contribution in [0.5, 0.6) is 0 Å². The molecule has 0 radical (unpaired) electrons. The van der Waals surface area contributed by atoms with Crippen LogP contribution in [0.15, 0.2) is 29.4 Å². The number of fused-ring (bicyclic) bond motifs is 1. The lowest BCUT2D eigenvalue weighted by atomic mass is 9.90. The van der Waals surface area contributed by atoms with Crippen LogP contribution < -0.4 is 5.43 Å². The maximum atomic E-state index is 11.9. The van der Waals surface area contributed by atoms with Crippen LogP contribution in [-0.4, -0.2) is 27.1 Å². The highest BCUT2D eigenvalue weighted by molar-refractivity contribution is 5.80. The lowest BCUT2D eigenvalue weighted by Crippen LogP contribution is -2.24. The Labute approximate surface area is 123 Å². The normalized spacial score (nSPS) is 16.6. The van der Waals surface area contributed by atoms with Crippen LogP contribution in [0.1, 0.15) is 32.1 Å². The van der Waals surface area contributed by atoms with Crippen LogP contribution in [0, 0.1) is 5.92 Å². The second kappa shape index (κ2) is 6.47. The van der Waals surface area contributed by atoms with Crippen LogP contribution in [0.4, 0.5) is 0 Å². The van der Waals surface area contributed by atoms with Gasteiger partial charge in [-0.15, -0.1) is 5.10 Å². The quantitative estimate of drug-likeness (QED) is 0.690. The van der Waals surface area contributed by atoms with Gasteiger partial charge in [-0.2, -0.15) is 5.10 Å². The molecule has 0 aliphatic heterocycles. The molecule has 0 spiro atoms. The third-order valence-corrected chi connectivity index (χ3v) is 3.84. The van der Waals surface area contributed by atoms with E-state index in [1.165, 1.54) is 32.1 Å². The van der Waals surface area contributed by atoms with Crippen molar-refractivity contribution in [2.45, 2.75) is 38.6 Å². The highest BCUT2D eigenvalue weighted by Crippen LogP contribution is 2.21. The molecule has 1 aromatic carbocycles. The van der Waals surface area contributed by atoms with Crippen molar-refractivity contribution in [2.24, 2.45) is 11.0 Å². The lowest BCUT2D eigenvalue weighted by molar-refractivity contribution is -0.121. The third kappa shape index (κ3) is 3.45. The van der Waals surface area contributed by atoms with Crippen molar-refractivity contribution in [3.63, 3.8) is 0 Å². The summed E-state index contributed by atoms with van der Waals surface area (Å²) in [6.45, 7) is 0.127. The van der Waals surface area contributed by atoms with E-state index >= 15 is 0 Å². The van der Waals surface area contributed by atoms with E-state index in [4.69, 9.17) is 0 Å². The Balaban J connectivity index is 1.55. The zero-order valence-electron chi connectivity index (χ0n) is 11.9. The molecule has 1 N–H and O–H groups in total. The fraction of sp³-hybridized carbons (Fsp3) is 0.467. The molecule has 0 atom stereocenters. The Kier molecular flexibility index (Phi) is 4.23. The molecule has 1 heterocycles. The standard InChI is InChI=1S/C15H19N5O/c21-15(18-16-10-12-6-2-1-3-7-12)11-20-14-9-5-4-8-13(14)17-19-20/h4-5,8-10,12H,1-3,6-7,11H2,(H,18,21)/b16-10-. The Morgan fingerprint density at radius 2 is 2.14 bits per heavy atom. The van der Waals surface area contributed by atoms with E-state index in [0.717, 1.165) is 11.0 Å². The SMILES string of the molecule is O=C(Cn1nnc2ccccc21)N/N=C\C1CCCCC1. The smallest absolute Gasteiger partial charge is 0.261 e. The molecule has 21 heavy (non-hydrogen) atoms. The van der Waals surface area contributed by atoms with Crippen molar-refractivity contribution in [3.05, 3.63) is 24.3 Å². The van der Waals surface area contributed by atoms with Gasteiger partial charge in [-0.05, 0) is 30.9 Å². The molecule has 1 aromatic heterocycles. The first-order valence-electron chi connectivity index (χ1n) is 7.43. The van der Waals surface area contributed by atoms with E-state index in [1.807, 2.05) is 30.5 Å². The fourth-order valence-corrected chi connectivity index (χ4v) is 2.70.